The van der Waals surface area contributed by atoms with Crippen LogP contribution in [0.25, 0.3) is 22.5 Å². The summed E-state index contributed by atoms with van der Waals surface area (Å²) in [5.74, 6) is 0.175. The van der Waals surface area contributed by atoms with Gasteiger partial charge in [-0.2, -0.15) is 0 Å². The first-order chi connectivity index (χ1) is 21.8. The first-order valence-electron chi connectivity index (χ1n) is 14.7. The second-order valence-electron chi connectivity index (χ2n) is 11.2. The molecule has 0 aliphatic carbocycles. The Morgan fingerprint density at radius 3 is 2.60 bits per heavy atom. The fourth-order valence-corrected chi connectivity index (χ4v) is 6.21. The number of benzene rings is 2. The van der Waals surface area contributed by atoms with Crippen LogP contribution >= 0.6 is 23.2 Å². The maximum Gasteiger partial charge on any atom is 0.220 e. The molecule has 2 fully saturated rings. The fraction of sp³-hybridized carbons (Fsp3) is 0.303. The zero-order chi connectivity index (χ0) is 31.5. The third-order valence-corrected chi connectivity index (χ3v) is 8.81. The highest BCUT2D eigenvalue weighted by molar-refractivity contribution is 6.39. The van der Waals surface area contributed by atoms with Gasteiger partial charge in [0.15, 0.2) is 5.82 Å². The molecule has 2 aromatic heterocycles. The number of likely N-dealkylation sites (tertiary alicyclic amines) is 1. The number of aliphatic hydroxyl groups excluding tert-OH is 1. The molecule has 2 aromatic carbocycles. The molecule has 0 radical (unpaired) electrons. The largest absolute Gasteiger partial charge is 0.481 e. The van der Waals surface area contributed by atoms with E-state index in [2.05, 4.69) is 20.9 Å². The molecule has 0 saturated carbocycles. The van der Waals surface area contributed by atoms with Gasteiger partial charge in [0.1, 0.15) is 0 Å². The molecule has 234 valence electrons. The van der Waals surface area contributed by atoms with Crippen LogP contribution in [0.15, 0.2) is 60.8 Å². The van der Waals surface area contributed by atoms with E-state index in [9.17, 15) is 9.90 Å². The number of anilines is 2. The van der Waals surface area contributed by atoms with Gasteiger partial charge in [-0.15, -0.1) is 0 Å². The van der Waals surface area contributed by atoms with E-state index in [0.717, 1.165) is 12.0 Å². The van der Waals surface area contributed by atoms with Gasteiger partial charge in [-0.05, 0) is 30.7 Å². The zero-order valence-electron chi connectivity index (χ0n) is 24.6. The van der Waals surface area contributed by atoms with Gasteiger partial charge in [-0.25, -0.2) is 9.37 Å². The predicted octanol–water partition coefficient (Wildman–Crippen LogP) is 5.55. The third-order valence-electron chi connectivity index (χ3n) is 8.02. The van der Waals surface area contributed by atoms with Crippen LogP contribution in [0.4, 0.5) is 15.8 Å². The van der Waals surface area contributed by atoms with E-state index in [1.54, 1.807) is 49.7 Å². The number of carbonyl (C=O) groups excluding carboxylic acids is 1. The average molecular weight is 652 g/mol. The molecular formula is C33H33Cl2FN6O3. The number of rotatable bonds is 11. The molecule has 2 aliphatic rings. The van der Waals surface area contributed by atoms with Crippen molar-refractivity contribution in [3.63, 3.8) is 0 Å². The number of aromatic nitrogens is 2. The molecule has 12 heteroatoms. The molecule has 1 amide bonds. The fourth-order valence-electron chi connectivity index (χ4n) is 5.64. The van der Waals surface area contributed by atoms with Gasteiger partial charge in [0.25, 0.3) is 0 Å². The van der Waals surface area contributed by atoms with Crippen LogP contribution in [-0.2, 0) is 17.9 Å². The standard InChI is InChI=1S/C33H33Cl2FN6O3/c1-45-33-19(14-37-15-21-9-11-28(44)39-21)8-10-25(41-33)23-12-13-38-32(30(23)35)24-5-3-6-26(29(24)34)40-27-7-2-4-20(31(27)36)16-42-17-22(43)18-42/h2-8,10,12-13,21-22,37,40,43H,9,11,14-18H2,1H3,(H,39,44). The van der Waals surface area contributed by atoms with E-state index in [4.69, 9.17) is 32.9 Å². The van der Waals surface area contributed by atoms with Gasteiger partial charge in [-0.1, -0.05) is 53.5 Å². The van der Waals surface area contributed by atoms with Crippen LogP contribution in [0.2, 0.25) is 10.0 Å². The molecule has 9 nitrogen and oxygen atoms in total. The summed E-state index contributed by atoms with van der Waals surface area (Å²) in [6.45, 7) is 2.66. The van der Waals surface area contributed by atoms with Crippen molar-refractivity contribution in [2.24, 2.45) is 0 Å². The molecule has 2 aliphatic heterocycles. The summed E-state index contributed by atoms with van der Waals surface area (Å²) in [4.78, 5) is 22.7. The van der Waals surface area contributed by atoms with Crippen molar-refractivity contribution in [1.82, 2.24) is 25.5 Å². The number of β-amino-alcohol motifs (C(OH)–C–C–N with tert-alkyl or cyclic N) is 1. The normalized spacial score (nSPS) is 16.8. The van der Waals surface area contributed by atoms with Crippen LogP contribution in [0, 0.1) is 5.82 Å². The van der Waals surface area contributed by atoms with E-state index < -0.39 is 0 Å². The molecule has 0 spiro atoms. The molecule has 4 N–H and O–H groups in total. The highest BCUT2D eigenvalue weighted by atomic mass is 35.5. The van der Waals surface area contributed by atoms with Gasteiger partial charge >= 0.3 is 0 Å². The average Bonchev–Trinajstić information content (AvgIpc) is 3.44. The predicted molar refractivity (Wildman–Crippen MR) is 173 cm³/mol. The maximum absolute atomic E-state index is 15.4. The molecule has 6 rings (SSSR count). The third kappa shape index (κ3) is 6.90. The van der Waals surface area contributed by atoms with Crippen molar-refractivity contribution < 1.29 is 19.0 Å². The van der Waals surface area contributed by atoms with Gasteiger partial charge in [0.05, 0.1) is 46.0 Å². The van der Waals surface area contributed by atoms with Crippen LogP contribution in [0.3, 0.4) is 0 Å². The van der Waals surface area contributed by atoms with Crippen molar-refractivity contribution in [3.8, 4) is 28.4 Å². The number of methoxy groups -OCH3 is 1. The van der Waals surface area contributed by atoms with Crippen LogP contribution in [0.1, 0.15) is 24.0 Å². The number of amides is 1. The quantitative estimate of drug-likeness (QED) is 0.167. The van der Waals surface area contributed by atoms with Crippen LogP contribution in [-0.4, -0.2) is 64.8 Å². The topological polar surface area (TPSA) is 112 Å². The number of halogens is 3. The second-order valence-corrected chi connectivity index (χ2v) is 12.0. The molecule has 4 heterocycles. The molecule has 1 atom stereocenters. The number of hydrogen-bond donors (Lipinski definition) is 4. The lowest BCUT2D eigenvalue weighted by Gasteiger charge is -2.35. The molecule has 4 aromatic rings. The van der Waals surface area contributed by atoms with E-state index in [0.29, 0.717) is 94.5 Å². The van der Waals surface area contributed by atoms with Crippen LogP contribution < -0.4 is 20.7 Å². The van der Waals surface area contributed by atoms with Gasteiger partial charge in [0.2, 0.25) is 11.8 Å². The highest BCUT2D eigenvalue weighted by Gasteiger charge is 2.26. The summed E-state index contributed by atoms with van der Waals surface area (Å²) in [7, 11) is 1.57. The Labute approximate surface area is 270 Å². The van der Waals surface area contributed by atoms with E-state index in [1.807, 2.05) is 23.1 Å². The van der Waals surface area contributed by atoms with E-state index >= 15 is 4.39 Å². The number of pyridine rings is 2. The molecule has 1 unspecified atom stereocenters. The first kappa shape index (κ1) is 31.2. The lowest BCUT2D eigenvalue weighted by Crippen LogP contribution is -2.49. The Balaban J connectivity index is 1.21. The Hall–Kier alpha value is -3.80. The van der Waals surface area contributed by atoms with Crippen LogP contribution in [0.5, 0.6) is 5.88 Å². The van der Waals surface area contributed by atoms with Crippen molar-refractivity contribution in [2.75, 3.05) is 32.1 Å². The van der Waals surface area contributed by atoms with Crippen molar-refractivity contribution in [2.45, 2.75) is 38.1 Å². The van der Waals surface area contributed by atoms with Gasteiger partial charge in [0, 0.05) is 73.6 Å². The number of hydrogen-bond acceptors (Lipinski definition) is 8. The van der Waals surface area contributed by atoms with Crippen molar-refractivity contribution in [3.05, 3.63) is 87.8 Å². The Morgan fingerprint density at radius 2 is 1.84 bits per heavy atom. The molecule has 45 heavy (non-hydrogen) atoms. The monoisotopic (exact) mass is 650 g/mol. The molecule has 0 bridgehead atoms. The Morgan fingerprint density at radius 1 is 1.04 bits per heavy atom. The maximum atomic E-state index is 15.4. The summed E-state index contributed by atoms with van der Waals surface area (Å²) < 4.78 is 21.0. The molecular weight excluding hydrogens is 618 g/mol. The summed E-state index contributed by atoms with van der Waals surface area (Å²) >= 11 is 13.8. The summed E-state index contributed by atoms with van der Waals surface area (Å²) in [5, 5.41) is 19.7. The SMILES string of the molecule is COc1nc(-c2ccnc(-c3cccc(Nc4cccc(CN5CC(O)C5)c4F)c3Cl)c2Cl)ccc1CNCC1CCC(=O)N1. The van der Waals surface area contributed by atoms with E-state index in [-0.39, 0.29) is 23.9 Å². The Kier molecular flexibility index (Phi) is 9.48. The smallest absolute Gasteiger partial charge is 0.220 e. The van der Waals surface area contributed by atoms with Gasteiger partial charge in [-0.3, -0.25) is 14.7 Å². The lowest BCUT2D eigenvalue weighted by molar-refractivity contribution is -0.119. The number of ether oxygens (including phenoxy) is 1. The number of nitrogens with one attached hydrogen (secondary N) is 3. The lowest BCUT2D eigenvalue weighted by atomic mass is 10.0. The second kappa shape index (κ2) is 13.7. The Bertz CT molecular complexity index is 1720. The zero-order valence-corrected chi connectivity index (χ0v) is 26.1. The highest BCUT2D eigenvalue weighted by Crippen LogP contribution is 2.41. The van der Waals surface area contributed by atoms with Crippen molar-refractivity contribution >= 4 is 40.5 Å². The van der Waals surface area contributed by atoms with Crippen molar-refractivity contribution in [1.29, 1.82) is 0 Å². The minimum absolute atomic E-state index is 0.0859. The van der Waals surface area contributed by atoms with E-state index in [1.165, 1.54) is 0 Å². The minimum Gasteiger partial charge on any atom is -0.481 e. The summed E-state index contributed by atoms with van der Waals surface area (Å²) in [6.07, 6.45) is 2.67. The number of carbonyl (C=O) groups is 1. The summed E-state index contributed by atoms with van der Waals surface area (Å²) in [6, 6.07) is 16.3. The number of aliphatic hydroxyl groups is 1. The number of nitrogens with zero attached hydrogens (tertiary/aromatic N) is 3. The molecule has 2 saturated heterocycles. The first-order valence-corrected chi connectivity index (χ1v) is 15.5. The minimum atomic E-state index is -0.373. The van der Waals surface area contributed by atoms with Gasteiger partial charge < -0.3 is 25.8 Å². The summed E-state index contributed by atoms with van der Waals surface area (Å²) in [5.41, 5.74) is 4.48.